The van der Waals surface area contributed by atoms with E-state index in [4.69, 9.17) is 0 Å². The van der Waals surface area contributed by atoms with E-state index in [9.17, 15) is 0 Å². The largest absolute Gasteiger partial charge is 0.310 e. The summed E-state index contributed by atoms with van der Waals surface area (Å²) in [5.74, 6) is 0. The molecule has 0 radical (unpaired) electrons. The molecule has 0 saturated carbocycles. The van der Waals surface area contributed by atoms with Crippen LogP contribution >= 0.6 is 0 Å². The van der Waals surface area contributed by atoms with Crippen LogP contribution in [0.15, 0.2) is 78.9 Å². The van der Waals surface area contributed by atoms with Gasteiger partial charge in [-0.3, -0.25) is 0 Å². The van der Waals surface area contributed by atoms with E-state index in [0.717, 1.165) is 0 Å². The third-order valence-electron chi connectivity index (χ3n) is 4.94. The van der Waals surface area contributed by atoms with Gasteiger partial charge in [0.2, 0.25) is 0 Å². The van der Waals surface area contributed by atoms with Crippen LogP contribution < -0.4 is 4.90 Å². The number of hydrogen-bond acceptors (Lipinski definition) is 1. The zero-order valence-electron chi connectivity index (χ0n) is 17.5. The Bertz CT molecular complexity index is 841. The first-order valence-electron chi connectivity index (χ1n) is 9.73. The third kappa shape index (κ3) is 4.24. The van der Waals surface area contributed by atoms with Crippen molar-refractivity contribution < 1.29 is 0 Å². The van der Waals surface area contributed by atoms with Crippen molar-refractivity contribution in [3.8, 4) is 0 Å². The Morgan fingerprint density at radius 3 is 1.44 bits per heavy atom. The molecule has 0 saturated heterocycles. The molecule has 0 bridgehead atoms. The molecule has 27 heavy (non-hydrogen) atoms. The Morgan fingerprint density at radius 2 is 1.04 bits per heavy atom. The number of rotatable bonds is 3. The SMILES string of the molecule is CC(C)(C)c1ccc(C(C)(C)C)c(N(c2ccccc2)c2ccccc2)c1. The van der Waals surface area contributed by atoms with Crippen molar-refractivity contribution in [3.05, 3.63) is 90.0 Å². The van der Waals surface area contributed by atoms with Gasteiger partial charge in [-0.15, -0.1) is 0 Å². The first-order valence-corrected chi connectivity index (χ1v) is 9.73. The fraction of sp³-hybridized carbons (Fsp3) is 0.308. The molecule has 3 aromatic carbocycles. The van der Waals surface area contributed by atoms with Crippen molar-refractivity contribution in [1.82, 2.24) is 0 Å². The van der Waals surface area contributed by atoms with Crippen LogP contribution in [-0.4, -0.2) is 0 Å². The molecule has 0 N–H and O–H groups in total. The van der Waals surface area contributed by atoms with Crippen molar-refractivity contribution in [2.24, 2.45) is 0 Å². The molecule has 0 atom stereocenters. The van der Waals surface area contributed by atoms with Crippen molar-refractivity contribution in [2.75, 3.05) is 4.90 Å². The molecule has 0 heterocycles. The summed E-state index contributed by atoms with van der Waals surface area (Å²) in [6.45, 7) is 13.7. The molecule has 3 aromatic rings. The minimum absolute atomic E-state index is 0.0492. The summed E-state index contributed by atoms with van der Waals surface area (Å²) in [6.07, 6.45) is 0. The molecule has 0 fully saturated rings. The second kappa shape index (κ2) is 7.23. The zero-order chi connectivity index (χ0) is 19.7. The van der Waals surface area contributed by atoms with Gasteiger partial charge in [-0.25, -0.2) is 0 Å². The van der Waals surface area contributed by atoms with Gasteiger partial charge in [0, 0.05) is 11.4 Å². The Labute approximate surface area is 164 Å². The normalized spacial score (nSPS) is 12.1. The average molecular weight is 358 g/mol. The second-order valence-corrected chi connectivity index (χ2v) is 9.24. The van der Waals surface area contributed by atoms with E-state index >= 15 is 0 Å². The lowest BCUT2D eigenvalue weighted by molar-refractivity contribution is 0.577. The number of benzene rings is 3. The summed E-state index contributed by atoms with van der Waals surface area (Å²) in [4.78, 5) is 2.38. The summed E-state index contributed by atoms with van der Waals surface area (Å²) in [5.41, 5.74) is 6.47. The Morgan fingerprint density at radius 1 is 0.556 bits per heavy atom. The van der Waals surface area contributed by atoms with E-state index in [1.54, 1.807) is 0 Å². The van der Waals surface area contributed by atoms with E-state index in [2.05, 4.69) is 125 Å². The summed E-state index contributed by atoms with van der Waals surface area (Å²) in [5, 5.41) is 0. The molecule has 0 aliphatic heterocycles. The highest BCUT2D eigenvalue weighted by Gasteiger charge is 2.25. The van der Waals surface area contributed by atoms with Crippen molar-refractivity contribution in [2.45, 2.75) is 52.4 Å². The standard InChI is InChI=1S/C26H31N/c1-25(2,3)20-17-18-23(26(4,5)6)24(19-20)27(21-13-9-7-10-14-21)22-15-11-8-12-16-22/h7-19H,1-6H3. The van der Waals surface area contributed by atoms with Crippen LogP contribution in [0, 0.1) is 0 Å². The number of nitrogens with zero attached hydrogens (tertiary/aromatic N) is 1. The van der Waals surface area contributed by atoms with Gasteiger partial charge in [0.1, 0.15) is 0 Å². The summed E-state index contributed by atoms with van der Waals surface area (Å²) in [7, 11) is 0. The minimum Gasteiger partial charge on any atom is -0.310 e. The topological polar surface area (TPSA) is 3.24 Å². The van der Waals surface area contributed by atoms with Crippen LogP contribution in [0.25, 0.3) is 0 Å². The molecule has 0 spiro atoms. The fourth-order valence-corrected chi connectivity index (χ4v) is 3.40. The van der Waals surface area contributed by atoms with Gasteiger partial charge in [0.05, 0.1) is 5.69 Å². The van der Waals surface area contributed by atoms with Gasteiger partial charge in [-0.1, -0.05) is 90.1 Å². The van der Waals surface area contributed by atoms with Gasteiger partial charge in [-0.2, -0.15) is 0 Å². The average Bonchev–Trinajstić information content (AvgIpc) is 2.62. The van der Waals surface area contributed by atoms with E-state index in [-0.39, 0.29) is 10.8 Å². The zero-order valence-corrected chi connectivity index (χ0v) is 17.5. The smallest absolute Gasteiger partial charge is 0.0501 e. The van der Waals surface area contributed by atoms with E-state index < -0.39 is 0 Å². The van der Waals surface area contributed by atoms with E-state index in [1.165, 1.54) is 28.2 Å². The second-order valence-electron chi connectivity index (χ2n) is 9.24. The van der Waals surface area contributed by atoms with Gasteiger partial charge >= 0.3 is 0 Å². The quantitative estimate of drug-likeness (QED) is 0.463. The molecule has 0 aromatic heterocycles. The van der Waals surface area contributed by atoms with Crippen molar-refractivity contribution >= 4 is 17.1 Å². The van der Waals surface area contributed by atoms with Crippen LogP contribution in [0.1, 0.15) is 52.7 Å². The first kappa shape index (κ1) is 19.2. The lowest BCUT2D eigenvalue weighted by Gasteiger charge is -2.33. The molecule has 0 unspecified atom stereocenters. The van der Waals surface area contributed by atoms with Crippen LogP contribution in [0.5, 0.6) is 0 Å². The number of para-hydroxylation sites is 2. The van der Waals surface area contributed by atoms with Crippen LogP contribution in [-0.2, 0) is 10.8 Å². The lowest BCUT2D eigenvalue weighted by Crippen LogP contribution is -2.21. The molecule has 1 nitrogen and oxygen atoms in total. The predicted octanol–water partition coefficient (Wildman–Crippen LogP) is 7.75. The van der Waals surface area contributed by atoms with Gasteiger partial charge in [0.15, 0.2) is 0 Å². The lowest BCUT2D eigenvalue weighted by atomic mass is 9.80. The molecule has 0 aliphatic carbocycles. The highest BCUT2D eigenvalue weighted by Crippen LogP contribution is 2.42. The summed E-state index contributed by atoms with van der Waals surface area (Å²) >= 11 is 0. The van der Waals surface area contributed by atoms with Gasteiger partial charge in [0.25, 0.3) is 0 Å². The highest BCUT2D eigenvalue weighted by molar-refractivity contribution is 5.79. The van der Waals surface area contributed by atoms with E-state index in [0.29, 0.717) is 0 Å². The van der Waals surface area contributed by atoms with Crippen molar-refractivity contribution in [3.63, 3.8) is 0 Å². The maximum absolute atomic E-state index is 2.38. The third-order valence-corrected chi connectivity index (χ3v) is 4.94. The van der Waals surface area contributed by atoms with Crippen LogP contribution in [0.4, 0.5) is 17.1 Å². The molecule has 140 valence electrons. The number of hydrogen-bond donors (Lipinski definition) is 0. The molecular weight excluding hydrogens is 326 g/mol. The molecular formula is C26H31N. The molecule has 1 heteroatoms. The maximum atomic E-state index is 2.38. The Hall–Kier alpha value is -2.54. The van der Waals surface area contributed by atoms with Gasteiger partial charge in [-0.05, 0) is 52.3 Å². The molecule has 0 aliphatic rings. The first-order chi connectivity index (χ1) is 12.7. The summed E-state index contributed by atoms with van der Waals surface area (Å²) < 4.78 is 0. The van der Waals surface area contributed by atoms with Crippen LogP contribution in [0.3, 0.4) is 0 Å². The van der Waals surface area contributed by atoms with E-state index in [1.807, 2.05) is 0 Å². The van der Waals surface area contributed by atoms with Crippen molar-refractivity contribution in [1.29, 1.82) is 0 Å². The monoisotopic (exact) mass is 357 g/mol. The Kier molecular flexibility index (Phi) is 5.15. The summed E-state index contributed by atoms with van der Waals surface area (Å²) in [6, 6.07) is 28.3. The predicted molar refractivity (Wildman–Crippen MR) is 119 cm³/mol. The highest BCUT2D eigenvalue weighted by atomic mass is 15.1. The fourth-order valence-electron chi connectivity index (χ4n) is 3.40. The maximum Gasteiger partial charge on any atom is 0.0501 e. The Balaban J connectivity index is 2.31. The molecule has 0 amide bonds. The van der Waals surface area contributed by atoms with Crippen LogP contribution in [0.2, 0.25) is 0 Å². The minimum atomic E-state index is 0.0492. The molecule has 3 rings (SSSR count). The number of anilines is 3. The van der Waals surface area contributed by atoms with Gasteiger partial charge < -0.3 is 4.90 Å².